The second-order valence-corrected chi connectivity index (χ2v) is 20.0. The molecule has 0 amide bonds. The van der Waals surface area contributed by atoms with Crippen molar-refractivity contribution in [3.05, 3.63) is 239 Å². The molecule has 0 N–H and O–H groups in total. The lowest BCUT2D eigenvalue weighted by molar-refractivity contribution is 0.664. The van der Waals surface area contributed by atoms with Gasteiger partial charge in [0, 0.05) is 38.6 Å². The van der Waals surface area contributed by atoms with E-state index in [9.17, 15) is 0 Å². The maximum absolute atomic E-state index is 3.71. The van der Waals surface area contributed by atoms with Crippen LogP contribution in [0.5, 0.6) is 0 Å². The van der Waals surface area contributed by atoms with Crippen LogP contribution in [0.25, 0.3) is 44.5 Å². The van der Waals surface area contributed by atoms with E-state index in [1.165, 1.54) is 105 Å². The summed E-state index contributed by atoms with van der Waals surface area (Å²) in [5, 5.41) is 0. The van der Waals surface area contributed by atoms with Gasteiger partial charge in [-0.15, -0.1) is 0 Å². The molecule has 0 saturated carbocycles. The first kappa shape index (κ1) is 49.1. The van der Waals surface area contributed by atoms with Crippen molar-refractivity contribution in [2.45, 2.75) is 91.9 Å². The molecule has 0 fully saturated rings. The van der Waals surface area contributed by atoms with Crippen molar-refractivity contribution in [2.75, 3.05) is 9.80 Å². The third-order valence-electron chi connectivity index (χ3n) is 14.0. The van der Waals surface area contributed by atoms with Gasteiger partial charge in [0.25, 0.3) is 0 Å². The van der Waals surface area contributed by atoms with Crippen molar-refractivity contribution in [3.63, 3.8) is 0 Å². The number of nitrogens with zero attached hydrogens (tertiary/aromatic N) is 2. The fourth-order valence-corrected chi connectivity index (χ4v) is 10.5. The Morgan fingerprint density at radius 1 is 0.310 bits per heavy atom. The zero-order valence-electron chi connectivity index (χ0n) is 42.1. The molecule has 9 aromatic carbocycles. The first-order valence-corrected chi connectivity index (χ1v) is 26.8. The standard InChI is InChI=1S/C68H67BrN2/c1-5-7-9-14-28-56-49-68(55-31-23-35-62(47-55)71(60-38-36-58(69)37-39-60)64-41-43-66(51(4)45-64)53-26-18-12-19-27-53)57(29-15-10-8-6-2)48-67(56)54-30-22-34-61(46-54)70(59-32-20-13-21-33-59)63-40-42-65(50(3)44-63)52-24-16-11-17-25-52/h11-13,16-27,30-49H,5-10,14-15,28-29H2,1-4H3. The molecule has 9 rings (SSSR count). The molecule has 71 heavy (non-hydrogen) atoms. The van der Waals surface area contributed by atoms with Crippen LogP contribution in [-0.4, -0.2) is 0 Å². The summed E-state index contributed by atoms with van der Waals surface area (Å²) in [6, 6.07) is 78.6. The van der Waals surface area contributed by atoms with E-state index in [2.05, 4.69) is 266 Å². The zero-order valence-corrected chi connectivity index (χ0v) is 43.6. The Morgan fingerprint density at radius 3 is 1.10 bits per heavy atom. The molecule has 356 valence electrons. The molecule has 0 radical (unpaired) electrons. The van der Waals surface area contributed by atoms with Crippen LogP contribution in [0.3, 0.4) is 0 Å². The molecule has 0 saturated heterocycles. The number of hydrogen-bond donors (Lipinski definition) is 0. The number of aryl methyl sites for hydroxylation is 4. The zero-order chi connectivity index (χ0) is 48.9. The van der Waals surface area contributed by atoms with Gasteiger partial charge >= 0.3 is 0 Å². The summed E-state index contributed by atoms with van der Waals surface area (Å²) in [5.41, 5.74) is 22.4. The van der Waals surface area contributed by atoms with E-state index in [0.29, 0.717) is 0 Å². The number of anilines is 6. The smallest absolute Gasteiger partial charge is 0.0467 e. The lowest BCUT2D eigenvalue weighted by atomic mass is 9.86. The van der Waals surface area contributed by atoms with Gasteiger partial charge in [0.1, 0.15) is 0 Å². The maximum Gasteiger partial charge on any atom is 0.0467 e. The first-order valence-electron chi connectivity index (χ1n) is 26.0. The normalized spacial score (nSPS) is 11.2. The molecule has 0 aliphatic rings. The van der Waals surface area contributed by atoms with Gasteiger partial charge in [0.05, 0.1) is 0 Å². The molecule has 0 bridgehead atoms. The fraction of sp³-hybridized carbons (Fsp3) is 0.206. The van der Waals surface area contributed by atoms with E-state index in [1.54, 1.807) is 0 Å². The molecular weight excluding hydrogens is 925 g/mol. The minimum absolute atomic E-state index is 1.03. The summed E-state index contributed by atoms with van der Waals surface area (Å²) in [6.45, 7) is 9.08. The topological polar surface area (TPSA) is 6.48 Å². The maximum atomic E-state index is 3.71. The van der Waals surface area contributed by atoms with Crippen LogP contribution < -0.4 is 9.80 Å². The summed E-state index contributed by atoms with van der Waals surface area (Å²) in [7, 11) is 0. The Labute approximate surface area is 432 Å². The fourth-order valence-electron chi connectivity index (χ4n) is 10.3. The number of benzene rings is 9. The van der Waals surface area contributed by atoms with Crippen LogP contribution in [0, 0.1) is 13.8 Å². The van der Waals surface area contributed by atoms with Crippen molar-refractivity contribution >= 4 is 50.1 Å². The van der Waals surface area contributed by atoms with Gasteiger partial charge in [-0.1, -0.05) is 196 Å². The number of halogens is 1. The van der Waals surface area contributed by atoms with E-state index < -0.39 is 0 Å². The Balaban J connectivity index is 1.16. The van der Waals surface area contributed by atoms with Gasteiger partial charge in [0.15, 0.2) is 0 Å². The highest BCUT2D eigenvalue weighted by Gasteiger charge is 2.20. The van der Waals surface area contributed by atoms with Crippen LogP contribution >= 0.6 is 15.9 Å². The van der Waals surface area contributed by atoms with E-state index >= 15 is 0 Å². The molecule has 3 heteroatoms. The summed E-state index contributed by atoms with van der Waals surface area (Å²) in [6.07, 6.45) is 11.8. The second kappa shape index (κ2) is 23.8. The summed E-state index contributed by atoms with van der Waals surface area (Å²) in [4.78, 5) is 4.84. The molecule has 0 atom stereocenters. The van der Waals surface area contributed by atoms with Crippen molar-refractivity contribution in [1.82, 2.24) is 0 Å². The van der Waals surface area contributed by atoms with Crippen LogP contribution in [0.4, 0.5) is 34.1 Å². The quantitative estimate of drug-likeness (QED) is 0.0702. The lowest BCUT2D eigenvalue weighted by Crippen LogP contribution is -2.10. The minimum atomic E-state index is 1.03. The third-order valence-corrected chi connectivity index (χ3v) is 14.5. The number of rotatable bonds is 20. The Bertz CT molecular complexity index is 3140. The van der Waals surface area contributed by atoms with Gasteiger partial charge in [-0.05, 0) is 191 Å². The Hall–Kier alpha value is -6.94. The summed E-state index contributed by atoms with van der Waals surface area (Å²) in [5.74, 6) is 0. The number of hydrogen-bond acceptors (Lipinski definition) is 2. The van der Waals surface area contributed by atoms with Crippen molar-refractivity contribution < 1.29 is 0 Å². The molecule has 0 aliphatic heterocycles. The average molecular weight is 992 g/mol. The van der Waals surface area contributed by atoms with E-state index in [0.717, 1.165) is 64.3 Å². The third kappa shape index (κ3) is 11.8. The van der Waals surface area contributed by atoms with Crippen LogP contribution in [-0.2, 0) is 12.8 Å². The van der Waals surface area contributed by atoms with Crippen molar-refractivity contribution in [2.24, 2.45) is 0 Å². The van der Waals surface area contributed by atoms with Crippen LogP contribution in [0.15, 0.2) is 217 Å². The van der Waals surface area contributed by atoms with Gasteiger partial charge in [0.2, 0.25) is 0 Å². The summed E-state index contributed by atoms with van der Waals surface area (Å²) >= 11 is 3.71. The predicted molar refractivity (Wildman–Crippen MR) is 310 cm³/mol. The largest absolute Gasteiger partial charge is 0.310 e. The second-order valence-electron chi connectivity index (χ2n) is 19.1. The predicted octanol–water partition coefficient (Wildman–Crippen LogP) is 20.9. The SMILES string of the molecule is CCCCCCc1cc(-c2cccc(N(c3ccc(Br)cc3)c3ccc(-c4ccccc4)c(C)c3)c2)c(CCCCCC)cc1-c1cccc(N(c2ccccc2)c2ccc(-c3ccccc3)c(C)c2)c1. The lowest BCUT2D eigenvalue weighted by Gasteiger charge is -2.27. The average Bonchev–Trinajstić information content (AvgIpc) is 3.41. The number of para-hydroxylation sites is 1. The molecule has 0 aromatic heterocycles. The highest BCUT2D eigenvalue weighted by atomic mass is 79.9. The Kier molecular flexibility index (Phi) is 16.4. The van der Waals surface area contributed by atoms with E-state index in [1.807, 2.05) is 0 Å². The monoisotopic (exact) mass is 990 g/mol. The molecule has 0 spiro atoms. The van der Waals surface area contributed by atoms with E-state index in [-0.39, 0.29) is 0 Å². The minimum Gasteiger partial charge on any atom is -0.310 e. The van der Waals surface area contributed by atoms with Gasteiger partial charge in [-0.25, -0.2) is 0 Å². The van der Waals surface area contributed by atoms with Crippen LogP contribution in [0.2, 0.25) is 0 Å². The highest BCUT2D eigenvalue weighted by molar-refractivity contribution is 9.10. The van der Waals surface area contributed by atoms with Crippen molar-refractivity contribution in [1.29, 1.82) is 0 Å². The first-order chi connectivity index (χ1) is 34.9. The van der Waals surface area contributed by atoms with Crippen molar-refractivity contribution in [3.8, 4) is 44.5 Å². The van der Waals surface area contributed by atoms with Gasteiger partial charge < -0.3 is 9.80 Å². The highest BCUT2D eigenvalue weighted by Crippen LogP contribution is 2.43. The van der Waals surface area contributed by atoms with Gasteiger partial charge in [-0.3, -0.25) is 0 Å². The van der Waals surface area contributed by atoms with Crippen LogP contribution in [0.1, 0.15) is 87.5 Å². The Morgan fingerprint density at radius 2 is 0.676 bits per heavy atom. The molecule has 0 unspecified atom stereocenters. The number of unbranched alkanes of at least 4 members (excludes halogenated alkanes) is 6. The van der Waals surface area contributed by atoms with Gasteiger partial charge in [-0.2, -0.15) is 0 Å². The van der Waals surface area contributed by atoms with E-state index in [4.69, 9.17) is 0 Å². The molecule has 2 nitrogen and oxygen atoms in total. The summed E-state index contributed by atoms with van der Waals surface area (Å²) < 4.78 is 1.07. The molecular formula is C68H67BrN2. The molecule has 0 aliphatic carbocycles. The molecule has 9 aromatic rings. The molecule has 0 heterocycles.